The molecule has 0 spiro atoms. The summed E-state index contributed by atoms with van der Waals surface area (Å²) in [5.41, 5.74) is 6.01. The lowest BCUT2D eigenvalue weighted by molar-refractivity contribution is -0.120. The van der Waals surface area contributed by atoms with E-state index in [1.807, 2.05) is 23.6 Å². The molecular formula is C22H24N2OS2. The van der Waals surface area contributed by atoms with Crippen LogP contribution in [-0.4, -0.2) is 17.4 Å². The lowest BCUT2D eigenvalue weighted by atomic mass is 10.1. The first kappa shape index (κ1) is 19.6. The summed E-state index contributed by atoms with van der Waals surface area (Å²) >= 11 is 3.35. The van der Waals surface area contributed by atoms with E-state index in [1.54, 1.807) is 23.1 Å². The number of nitrogens with zero attached hydrogens (tertiary/aromatic N) is 1. The number of amides is 1. The highest BCUT2D eigenvalue weighted by Crippen LogP contribution is 2.27. The first-order chi connectivity index (χ1) is 13.1. The molecule has 0 unspecified atom stereocenters. The Morgan fingerprint density at radius 1 is 1.15 bits per heavy atom. The van der Waals surface area contributed by atoms with Crippen molar-refractivity contribution in [1.82, 2.24) is 10.3 Å². The fourth-order valence-electron chi connectivity index (χ4n) is 2.75. The molecular weight excluding hydrogens is 372 g/mol. The van der Waals surface area contributed by atoms with Crippen molar-refractivity contribution in [3.8, 4) is 0 Å². The van der Waals surface area contributed by atoms with Crippen molar-refractivity contribution in [3.63, 3.8) is 0 Å². The Kier molecular flexibility index (Phi) is 7.07. The zero-order valence-electron chi connectivity index (χ0n) is 15.7. The summed E-state index contributed by atoms with van der Waals surface area (Å²) in [4.78, 5) is 16.7. The molecule has 0 aliphatic rings. The van der Waals surface area contributed by atoms with Crippen molar-refractivity contribution in [2.45, 2.75) is 36.8 Å². The summed E-state index contributed by atoms with van der Waals surface area (Å²) < 4.78 is 1.02. The van der Waals surface area contributed by atoms with Crippen LogP contribution in [0.3, 0.4) is 0 Å². The van der Waals surface area contributed by atoms with E-state index in [0.717, 1.165) is 22.2 Å². The highest BCUT2D eigenvalue weighted by Gasteiger charge is 2.09. The van der Waals surface area contributed by atoms with E-state index in [9.17, 15) is 4.79 Å². The monoisotopic (exact) mass is 396 g/mol. The van der Waals surface area contributed by atoms with Crippen LogP contribution in [0.1, 0.15) is 27.9 Å². The van der Waals surface area contributed by atoms with Crippen LogP contribution in [0.4, 0.5) is 0 Å². The van der Waals surface area contributed by atoms with Crippen LogP contribution < -0.4 is 5.32 Å². The van der Waals surface area contributed by atoms with Gasteiger partial charge in [0.2, 0.25) is 5.91 Å². The van der Waals surface area contributed by atoms with E-state index in [-0.39, 0.29) is 5.91 Å². The van der Waals surface area contributed by atoms with E-state index in [1.165, 1.54) is 22.3 Å². The van der Waals surface area contributed by atoms with Crippen molar-refractivity contribution in [2.24, 2.45) is 0 Å². The maximum atomic E-state index is 12.1. The molecule has 0 saturated heterocycles. The topological polar surface area (TPSA) is 42.0 Å². The van der Waals surface area contributed by atoms with E-state index in [0.29, 0.717) is 13.0 Å². The molecule has 2 aromatic carbocycles. The quantitative estimate of drug-likeness (QED) is 0.548. The molecule has 0 saturated carbocycles. The van der Waals surface area contributed by atoms with Crippen molar-refractivity contribution in [2.75, 3.05) is 6.54 Å². The molecule has 1 aromatic heterocycles. The largest absolute Gasteiger partial charge is 0.355 e. The third-order valence-corrected chi connectivity index (χ3v) is 6.43. The molecule has 3 nitrogen and oxygen atoms in total. The Balaban J connectivity index is 1.44. The molecule has 1 N–H and O–H groups in total. The molecule has 0 fully saturated rings. The lowest BCUT2D eigenvalue weighted by Crippen LogP contribution is -2.27. The lowest BCUT2D eigenvalue weighted by Gasteiger charge is -2.05. The van der Waals surface area contributed by atoms with Crippen LogP contribution in [0.25, 0.3) is 0 Å². The second kappa shape index (κ2) is 9.72. The average molecular weight is 397 g/mol. The smallest absolute Gasteiger partial charge is 0.226 e. The van der Waals surface area contributed by atoms with Gasteiger partial charge >= 0.3 is 0 Å². The summed E-state index contributed by atoms with van der Waals surface area (Å²) in [7, 11) is 0. The molecule has 0 radical (unpaired) electrons. The standard InChI is InChI=1S/C22H24N2OS2/c1-16-8-9-17(2)19(12-16)14-26-22-24-20(15-27-22)13-21(25)23-11-10-18-6-4-3-5-7-18/h3-9,12,15H,10-11,13-14H2,1-2H3,(H,23,25). The molecule has 0 bridgehead atoms. The number of carbonyl (C=O) groups is 1. The minimum Gasteiger partial charge on any atom is -0.355 e. The van der Waals surface area contributed by atoms with E-state index in [4.69, 9.17) is 0 Å². The maximum absolute atomic E-state index is 12.1. The summed E-state index contributed by atoms with van der Waals surface area (Å²) in [6.07, 6.45) is 1.19. The number of thioether (sulfide) groups is 1. The Morgan fingerprint density at radius 2 is 1.96 bits per heavy atom. The van der Waals surface area contributed by atoms with Gasteiger partial charge in [-0.3, -0.25) is 4.79 Å². The minimum absolute atomic E-state index is 0.0299. The number of hydrogen-bond acceptors (Lipinski definition) is 4. The maximum Gasteiger partial charge on any atom is 0.226 e. The minimum atomic E-state index is 0.0299. The molecule has 0 aliphatic carbocycles. The average Bonchev–Trinajstić information content (AvgIpc) is 3.10. The van der Waals surface area contributed by atoms with Crippen LogP contribution in [0, 0.1) is 13.8 Å². The Bertz CT molecular complexity index is 890. The summed E-state index contributed by atoms with van der Waals surface area (Å²) in [6, 6.07) is 16.7. The summed E-state index contributed by atoms with van der Waals surface area (Å²) in [5, 5.41) is 4.97. The third-order valence-electron chi connectivity index (χ3n) is 4.31. The molecule has 3 rings (SSSR count). The van der Waals surface area contributed by atoms with Crippen molar-refractivity contribution in [1.29, 1.82) is 0 Å². The van der Waals surface area contributed by atoms with E-state index in [2.05, 4.69) is 54.5 Å². The van der Waals surface area contributed by atoms with Gasteiger partial charge in [0.15, 0.2) is 0 Å². The van der Waals surface area contributed by atoms with Gasteiger partial charge in [0.25, 0.3) is 0 Å². The van der Waals surface area contributed by atoms with Crippen LogP contribution in [0.5, 0.6) is 0 Å². The number of nitrogens with one attached hydrogen (secondary N) is 1. The van der Waals surface area contributed by atoms with Gasteiger partial charge < -0.3 is 5.32 Å². The normalized spacial score (nSPS) is 10.7. The second-order valence-corrected chi connectivity index (χ2v) is 8.67. The van der Waals surface area contributed by atoms with Gasteiger partial charge in [-0.2, -0.15) is 0 Å². The van der Waals surface area contributed by atoms with E-state index >= 15 is 0 Å². The SMILES string of the molecule is Cc1ccc(C)c(CSc2nc(CC(=O)NCCc3ccccc3)cs2)c1. The number of benzene rings is 2. The molecule has 0 aliphatic heterocycles. The van der Waals surface area contributed by atoms with Crippen molar-refractivity contribution < 1.29 is 4.79 Å². The van der Waals surface area contributed by atoms with Gasteiger partial charge in [-0.1, -0.05) is 65.9 Å². The summed E-state index contributed by atoms with van der Waals surface area (Å²) in [5.74, 6) is 0.936. The number of rotatable bonds is 8. The number of hydrogen-bond donors (Lipinski definition) is 1. The Labute approximate surface area is 169 Å². The zero-order valence-corrected chi connectivity index (χ0v) is 17.3. The predicted octanol–water partition coefficient (Wildman–Crippen LogP) is 4.95. The second-order valence-electron chi connectivity index (χ2n) is 6.59. The Hall–Kier alpha value is -2.11. The van der Waals surface area contributed by atoms with Crippen LogP contribution in [0.15, 0.2) is 58.3 Å². The predicted molar refractivity (Wildman–Crippen MR) is 114 cm³/mol. The molecule has 1 heterocycles. The third kappa shape index (κ3) is 6.22. The van der Waals surface area contributed by atoms with Gasteiger partial charge in [-0.05, 0) is 37.0 Å². The molecule has 0 atom stereocenters. The number of thiazole rings is 1. The fourth-order valence-corrected chi connectivity index (χ4v) is 4.66. The number of aromatic nitrogens is 1. The Morgan fingerprint density at radius 3 is 2.78 bits per heavy atom. The highest BCUT2D eigenvalue weighted by atomic mass is 32.2. The number of carbonyl (C=O) groups excluding carboxylic acids is 1. The van der Waals surface area contributed by atoms with Gasteiger partial charge in [-0.25, -0.2) is 4.98 Å². The molecule has 5 heteroatoms. The molecule has 140 valence electrons. The first-order valence-electron chi connectivity index (χ1n) is 9.04. The number of aryl methyl sites for hydroxylation is 2. The molecule has 27 heavy (non-hydrogen) atoms. The van der Waals surface area contributed by atoms with Crippen LogP contribution in [0.2, 0.25) is 0 Å². The molecule has 1 amide bonds. The van der Waals surface area contributed by atoms with Gasteiger partial charge in [-0.15, -0.1) is 11.3 Å². The first-order valence-corrected chi connectivity index (χ1v) is 10.9. The fraction of sp³-hybridized carbons (Fsp3) is 0.273. The van der Waals surface area contributed by atoms with E-state index < -0.39 is 0 Å². The molecule has 3 aromatic rings. The zero-order chi connectivity index (χ0) is 19.1. The highest BCUT2D eigenvalue weighted by molar-refractivity contribution is 8.00. The van der Waals surface area contributed by atoms with Gasteiger partial charge in [0.1, 0.15) is 4.34 Å². The van der Waals surface area contributed by atoms with Crippen molar-refractivity contribution in [3.05, 3.63) is 81.9 Å². The van der Waals surface area contributed by atoms with Crippen molar-refractivity contribution >= 4 is 29.0 Å². The van der Waals surface area contributed by atoms with Gasteiger partial charge in [0.05, 0.1) is 12.1 Å². The van der Waals surface area contributed by atoms with Crippen LogP contribution >= 0.6 is 23.1 Å². The summed E-state index contributed by atoms with van der Waals surface area (Å²) in [6.45, 7) is 4.91. The van der Waals surface area contributed by atoms with Gasteiger partial charge in [0, 0.05) is 17.7 Å². The van der Waals surface area contributed by atoms with Crippen LogP contribution in [-0.2, 0) is 23.4 Å².